The zero-order valence-corrected chi connectivity index (χ0v) is 12.7. The van der Waals surface area contributed by atoms with Gasteiger partial charge in [-0.05, 0) is 47.0 Å². The van der Waals surface area contributed by atoms with Crippen LogP contribution in [0, 0.1) is 18.8 Å². The van der Waals surface area contributed by atoms with Crippen LogP contribution in [0.1, 0.15) is 23.1 Å². The lowest BCUT2D eigenvalue weighted by Gasteiger charge is -2.08. The van der Waals surface area contributed by atoms with E-state index in [1.54, 1.807) is 11.3 Å². The van der Waals surface area contributed by atoms with Crippen molar-refractivity contribution in [1.82, 2.24) is 0 Å². The van der Waals surface area contributed by atoms with Crippen LogP contribution in [0.25, 0.3) is 0 Å². The predicted octanol–water partition coefficient (Wildman–Crippen LogP) is 2.97. The summed E-state index contributed by atoms with van der Waals surface area (Å²) in [6.45, 7) is 2.01. The molecule has 0 aliphatic rings. The second kappa shape index (κ2) is 7.63. The van der Waals surface area contributed by atoms with Gasteiger partial charge in [0.1, 0.15) is 0 Å². The van der Waals surface area contributed by atoms with E-state index in [1.807, 2.05) is 41.9 Å². The monoisotopic (exact) mass is 299 g/mol. The molecule has 1 amide bonds. The number of benzene rings is 1. The largest absolute Gasteiger partial charge is 0.395 e. The maximum atomic E-state index is 12.1. The smallest absolute Gasteiger partial charge is 0.228 e. The van der Waals surface area contributed by atoms with E-state index in [4.69, 9.17) is 5.11 Å². The van der Waals surface area contributed by atoms with Crippen molar-refractivity contribution >= 4 is 22.9 Å². The molecule has 2 rings (SSSR count). The standard InChI is InChI=1S/C17H17NO2S/c1-13-5-6-15(4-2-3-8-19)16(10-13)18-17(20)11-14-7-9-21-12-14/h5-7,9-10,12,19H,3,8,11H2,1H3,(H,18,20). The average molecular weight is 299 g/mol. The first-order valence-corrected chi connectivity index (χ1v) is 7.64. The molecule has 1 aromatic heterocycles. The molecule has 0 spiro atoms. The number of rotatable bonds is 4. The second-order valence-electron chi connectivity index (χ2n) is 4.68. The number of hydrogen-bond donors (Lipinski definition) is 2. The van der Waals surface area contributed by atoms with Gasteiger partial charge in [-0.25, -0.2) is 0 Å². The quantitative estimate of drug-likeness (QED) is 0.853. The molecule has 0 bridgehead atoms. The van der Waals surface area contributed by atoms with Crippen LogP contribution in [0.2, 0.25) is 0 Å². The van der Waals surface area contributed by atoms with Gasteiger partial charge >= 0.3 is 0 Å². The van der Waals surface area contributed by atoms with Gasteiger partial charge in [0.15, 0.2) is 0 Å². The minimum absolute atomic E-state index is 0.0404. The van der Waals surface area contributed by atoms with Crippen LogP contribution in [-0.4, -0.2) is 17.6 Å². The Bertz CT molecular complexity index is 666. The molecule has 1 heterocycles. The first-order valence-electron chi connectivity index (χ1n) is 6.70. The minimum Gasteiger partial charge on any atom is -0.395 e. The molecule has 21 heavy (non-hydrogen) atoms. The van der Waals surface area contributed by atoms with E-state index >= 15 is 0 Å². The van der Waals surface area contributed by atoms with Gasteiger partial charge in [-0.1, -0.05) is 17.9 Å². The Hall–Kier alpha value is -2.09. The summed E-state index contributed by atoms with van der Waals surface area (Å²) >= 11 is 1.58. The summed E-state index contributed by atoms with van der Waals surface area (Å²) in [5.41, 5.74) is 3.57. The Morgan fingerprint density at radius 3 is 2.95 bits per heavy atom. The molecule has 1 aromatic carbocycles. The van der Waals surface area contributed by atoms with Crippen LogP contribution in [0.4, 0.5) is 5.69 Å². The van der Waals surface area contributed by atoms with Crippen molar-refractivity contribution in [2.45, 2.75) is 19.8 Å². The SMILES string of the molecule is Cc1ccc(C#CCCO)c(NC(=O)Cc2ccsc2)c1. The van der Waals surface area contributed by atoms with Crippen molar-refractivity contribution in [3.8, 4) is 11.8 Å². The number of amides is 1. The predicted molar refractivity (Wildman–Crippen MR) is 86.4 cm³/mol. The fourth-order valence-electron chi connectivity index (χ4n) is 1.86. The molecule has 2 aromatic rings. The maximum absolute atomic E-state index is 12.1. The highest BCUT2D eigenvalue weighted by molar-refractivity contribution is 7.08. The lowest BCUT2D eigenvalue weighted by Crippen LogP contribution is -2.15. The van der Waals surface area contributed by atoms with Gasteiger partial charge < -0.3 is 10.4 Å². The first kappa shape index (κ1) is 15.3. The summed E-state index contributed by atoms with van der Waals surface area (Å²) in [6.07, 6.45) is 0.789. The van der Waals surface area contributed by atoms with Crippen molar-refractivity contribution in [3.63, 3.8) is 0 Å². The van der Waals surface area contributed by atoms with Gasteiger partial charge in [0.2, 0.25) is 5.91 Å². The Kier molecular flexibility index (Phi) is 5.56. The normalized spacial score (nSPS) is 9.81. The fraction of sp³-hybridized carbons (Fsp3) is 0.235. The molecule has 3 nitrogen and oxygen atoms in total. The molecule has 0 unspecified atom stereocenters. The Morgan fingerprint density at radius 2 is 2.24 bits per heavy atom. The summed E-state index contributed by atoms with van der Waals surface area (Å²) in [5.74, 6) is 5.81. The number of nitrogens with one attached hydrogen (secondary N) is 1. The molecular formula is C17H17NO2S. The van der Waals surface area contributed by atoms with Crippen molar-refractivity contribution in [1.29, 1.82) is 0 Å². The van der Waals surface area contributed by atoms with E-state index in [9.17, 15) is 4.79 Å². The molecular weight excluding hydrogens is 282 g/mol. The highest BCUT2D eigenvalue weighted by Crippen LogP contribution is 2.17. The maximum Gasteiger partial charge on any atom is 0.228 e. The molecule has 0 aliphatic carbocycles. The van der Waals surface area contributed by atoms with E-state index in [-0.39, 0.29) is 12.5 Å². The van der Waals surface area contributed by atoms with Crippen LogP contribution < -0.4 is 5.32 Å². The number of aliphatic hydroxyl groups is 1. The van der Waals surface area contributed by atoms with Gasteiger partial charge in [-0.2, -0.15) is 11.3 Å². The number of thiophene rings is 1. The zero-order chi connectivity index (χ0) is 15.1. The van der Waals surface area contributed by atoms with Crippen LogP contribution in [0.15, 0.2) is 35.0 Å². The van der Waals surface area contributed by atoms with Crippen LogP contribution in [0.5, 0.6) is 0 Å². The second-order valence-corrected chi connectivity index (χ2v) is 5.46. The highest BCUT2D eigenvalue weighted by atomic mass is 32.1. The highest BCUT2D eigenvalue weighted by Gasteiger charge is 2.07. The Labute approximate surface area is 128 Å². The van der Waals surface area contributed by atoms with Gasteiger partial charge in [0.25, 0.3) is 0 Å². The summed E-state index contributed by atoms with van der Waals surface area (Å²) < 4.78 is 0. The number of carbonyl (C=O) groups is 1. The van der Waals surface area contributed by atoms with Crippen molar-refractivity contribution in [3.05, 3.63) is 51.7 Å². The number of anilines is 1. The molecule has 2 N–H and O–H groups in total. The number of aliphatic hydroxyl groups excluding tert-OH is 1. The van der Waals surface area contributed by atoms with Crippen molar-refractivity contribution < 1.29 is 9.90 Å². The van der Waals surface area contributed by atoms with E-state index in [2.05, 4.69) is 17.2 Å². The molecule has 0 saturated carbocycles. The lowest BCUT2D eigenvalue weighted by atomic mass is 10.1. The number of aryl methyl sites for hydroxylation is 1. The Balaban J connectivity index is 2.12. The third-order valence-electron chi connectivity index (χ3n) is 2.85. The molecule has 0 saturated heterocycles. The van der Waals surface area contributed by atoms with Crippen LogP contribution in [0.3, 0.4) is 0 Å². The van der Waals surface area contributed by atoms with Crippen LogP contribution in [-0.2, 0) is 11.2 Å². The molecule has 0 fully saturated rings. The fourth-order valence-corrected chi connectivity index (χ4v) is 2.53. The van der Waals surface area contributed by atoms with Gasteiger partial charge in [0, 0.05) is 12.0 Å². The lowest BCUT2D eigenvalue weighted by molar-refractivity contribution is -0.115. The summed E-state index contributed by atoms with van der Waals surface area (Å²) in [4.78, 5) is 12.1. The summed E-state index contributed by atoms with van der Waals surface area (Å²) in [5, 5.41) is 15.6. The van der Waals surface area contributed by atoms with E-state index in [0.717, 1.165) is 22.4 Å². The topological polar surface area (TPSA) is 49.3 Å². The first-order chi connectivity index (χ1) is 10.2. The van der Waals surface area contributed by atoms with Gasteiger partial charge in [-0.3, -0.25) is 4.79 Å². The van der Waals surface area contributed by atoms with E-state index < -0.39 is 0 Å². The van der Waals surface area contributed by atoms with Gasteiger partial charge in [0.05, 0.1) is 18.7 Å². The molecule has 0 atom stereocenters. The molecule has 0 aliphatic heterocycles. The van der Waals surface area contributed by atoms with Crippen LogP contribution >= 0.6 is 11.3 Å². The minimum atomic E-state index is -0.0517. The molecule has 4 heteroatoms. The summed E-state index contributed by atoms with van der Waals surface area (Å²) in [6, 6.07) is 7.70. The molecule has 108 valence electrons. The summed E-state index contributed by atoms with van der Waals surface area (Å²) in [7, 11) is 0. The third-order valence-corrected chi connectivity index (χ3v) is 3.59. The molecule has 0 radical (unpaired) electrons. The Morgan fingerprint density at radius 1 is 1.38 bits per heavy atom. The number of carbonyl (C=O) groups excluding carboxylic acids is 1. The van der Waals surface area contributed by atoms with E-state index in [0.29, 0.717) is 12.8 Å². The van der Waals surface area contributed by atoms with E-state index in [1.165, 1.54) is 0 Å². The number of hydrogen-bond acceptors (Lipinski definition) is 3. The average Bonchev–Trinajstić information content (AvgIpc) is 2.94. The third kappa shape index (κ3) is 4.75. The van der Waals surface area contributed by atoms with Gasteiger partial charge in [-0.15, -0.1) is 0 Å². The van der Waals surface area contributed by atoms with Crippen molar-refractivity contribution in [2.75, 3.05) is 11.9 Å². The van der Waals surface area contributed by atoms with Crippen molar-refractivity contribution in [2.24, 2.45) is 0 Å². The zero-order valence-electron chi connectivity index (χ0n) is 11.8.